The largest absolute Gasteiger partial charge is 0.389 e. The molecule has 2 rings (SSSR count). The second-order valence-corrected chi connectivity index (χ2v) is 7.02. The van der Waals surface area contributed by atoms with E-state index in [2.05, 4.69) is 24.5 Å². The number of aryl methyl sites for hydroxylation is 1. The summed E-state index contributed by atoms with van der Waals surface area (Å²) < 4.78 is 0. The number of para-hydroxylation sites is 1. The number of carbonyl (C=O) groups excluding carboxylic acids is 1. The molecule has 0 aliphatic rings. The Morgan fingerprint density at radius 2 is 1.96 bits per heavy atom. The lowest BCUT2D eigenvalue weighted by Gasteiger charge is -2.16. The quantitative estimate of drug-likeness (QED) is 0.405. The minimum absolute atomic E-state index is 0.0344. The van der Waals surface area contributed by atoms with Crippen molar-refractivity contribution in [1.29, 1.82) is 5.26 Å². The van der Waals surface area contributed by atoms with Crippen LogP contribution in [0.5, 0.6) is 0 Å². The number of benzene rings is 2. The summed E-state index contributed by atoms with van der Waals surface area (Å²) in [5.74, 6) is -0.151. The Bertz CT molecular complexity index is 881. The number of amides is 1. The van der Waals surface area contributed by atoms with Gasteiger partial charge in [0.05, 0.1) is 0 Å². The first-order valence-corrected chi connectivity index (χ1v) is 9.29. The fourth-order valence-electron chi connectivity index (χ4n) is 2.75. The fourth-order valence-corrected chi connectivity index (χ4v) is 2.98. The molecule has 0 atom stereocenters. The topological polar surface area (TPSA) is 64.9 Å². The lowest BCUT2D eigenvalue weighted by molar-refractivity contribution is -0.112. The molecule has 2 aromatic rings. The third-order valence-electron chi connectivity index (χ3n) is 4.27. The molecule has 0 aliphatic carbocycles. The second-order valence-electron chi connectivity index (χ2n) is 6.61. The molecule has 0 fully saturated rings. The minimum atomic E-state index is -0.418. The molecule has 1 amide bonds. The molecule has 0 unspecified atom stereocenters. The number of nitrogens with zero attached hydrogens (tertiary/aromatic N) is 1. The molecule has 5 heteroatoms. The summed E-state index contributed by atoms with van der Waals surface area (Å²) in [6, 6.07) is 15.5. The second kappa shape index (κ2) is 9.80. The maximum Gasteiger partial charge on any atom is 0.267 e. The maximum atomic E-state index is 12.5. The SMILES string of the molecule is Cc1cccc(C(C)C)c1NC(=O)/C(C#N)=C\NCCc1ccccc1Cl. The van der Waals surface area contributed by atoms with Crippen LogP contribution < -0.4 is 10.6 Å². The van der Waals surface area contributed by atoms with Crippen molar-refractivity contribution >= 4 is 23.2 Å². The van der Waals surface area contributed by atoms with Crippen molar-refractivity contribution in [2.45, 2.75) is 33.1 Å². The van der Waals surface area contributed by atoms with Gasteiger partial charge in [-0.05, 0) is 42.0 Å². The first kappa shape index (κ1) is 20.5. The summed E-state index contributed by atoms with van der Waals surface area (Å²) in [6.45, 7) is 6.66. The van der Waals surface area contributed by atoms with E-state index in [1.165, 1.54) is 6.20 Å². The zero-order valence-corrected chi connectivity index (χ0v) is 16.6. The van der Waals surface area contributed by atoms with Crippen molar-refractivity contribution in [3.05, 3.63) is 76.0 Å². The standard InChI is InChI=1S/C22H24ClN3O/c1-15(2)19-9-6-7-16(3)21(19)26-22(27)18(13-24)14-25-12-11-17-8-4-5-10-20(17)23/h4-10,14-15,25H,11-12H2,1-3H3,(H,26,27)/b18-14-. The van der Waals surface area contributed by atoms with Gasteiger partial charge in [0.15, 0.2) is 0 Å². The van der Waals surface area contributed by atoms with Gasteiger partial charge in [-0.2, -0.15) is 5.26 Å². The summed E-state index contributed by atoms with van der Waals surface area (Å²) in [4.78, 5) is 12.5. The van der Waals surface area contributed by atoms with E-state index in [0.717, 1.165) is 22.4 Å². The molecule has 4 nitrogen and oxygen atoms in total. The first-order chi connectivity index (χ1) is 12.9. The molecule has 0 aromatic heterocycles. The molecule has 0 heterocycles. The highest BCUT2D eigenvalue weighted by molar-refractivity contribution is 6.31. The summed E-state index contributed by atoms with van der Waals surface area (Å²) in [5, 5.41) is 16.0. The highest BCUT2D eigenvalue weighted by Gasteiger charge is 2.15. The molecule has 2 N–H and O–H groups in total. The van der Waals surface area contributed by atoms with Gasteiger partial charge in [0, 0.05) is 23.5 Å². The predicted octanol–water partition coefficient (Wildman–Crippen LogP) is 4.95. The molecule has 0 radical (unpaired) electrons. The van der Waals surface area contributed by atoms with Crippen molar-refractivity contribution in [1.82, 2.24) is 5.32 Å². The van der Waals surface area contributed by atoms with Crippen LogP contribution in [0, 0.1) is 18.3 Å². The van der Waals surface area contributed by atoms with Crippen LogP contribution in [0.4, 0.5) is 5.69 Å². The van der Waals surface area contributed by atoms with Crippen LogP contribution in [0.15, 0.2) is 54.2 Å². The van der Waals surface area contributed by atoms with Gasteiger partial charge in [-0.15, -0.1) is 0 Å². The smallest absolute Gasteiger partial charge is 0.267 e. The number of rotatable bonds is 7. The van der Waals surface area contributed by atoms with Crippen molar-refractivity contribution < 1.29 is 4.79 Å². The van der Waals surface area contributed by atoms with Gasteiger partial charge in [-0.1, -0.05) is 61.8 Å². The van der Waals surface area contributed by atoms with E-state index >= 15 is 0 Å². The van der Waals surface area contributed by atoms with E-state index in [1.54, 1.807) is 0 Å². The molecule has 0 saturated heterocycles. The number of carbonyl (C=O) groups is 1. The molecule has 0 bridgehead atoms. The average Bonchev–Trinajstić information content (AvgIpc) is 2.64. The number of halogens is 1. The third-order valence-corrected chi connectivity index (χ3v) is 4.64. The monoisotopic (exact) mass is 381 g/mol. The molecule has 0 spiro atoms. The van der Waals surface area contributed by atoms with Gasteiger partial charge < -0.3 is 10.6 Å². The third kappa shape index (κ3) is 5.60. The molecule has 27 heavy (non-hydrogen) atoms. The molecule has 0 aliphatic heterocycles. The van der Waals surface area contributed by atoms with E-state index in [0.29, 0.717) is 18.0 Å². The molecule has 0 saturated carbocycles. The van der Waals surface area contributed by atoms with Gasteiger partial charge in [0.25, 0.3) is 5.91 Å². The Hall–Kier alpha value is -2.77. The van der Waals surface area contributed by atoms with E-state index in [4.69, 9.17) is 11.6 Å². The average molecular weight is 382 g/mol. The van der Waals surface area contributed by atoms with Crippen LogP contribution in [0.1, 0.15) is 36.5 Å². The predicted molar refractivity (Wildman–Crippen MR) is 111 cm³/mol. The Labute approximate surface area is 165 Å². The summed E-state index contributed by atoms with van der Waals surface area (Å²) in [6.07, 6.45) is 2.16. The Morgan fingerprint density at radius 3 is 2.63 bits per heavy atom. The van der Waals surface area contributed by atoms with Crippen LogP contribution in [-0.2, 0) is 11.2 Å². The van der Waals surface area contributed by atoms with Crippen molar-refractivity contribution in [3.8, 4) is 6.07 Å². The van der Waals surface area contributed by atoms with Gasteiger partial charge in [0.1, 0.15) is 11.6 Å². The summed E-state index contributed by atoms with van der Waals surface area (Å²) in [5.41, 5.74) is 3.84. The zero-order chi connectivity index (χ0) is 19.8. The van der Waals surface area contributed by atoms with Gasteiger partial charge in [0.2, 0.25) is 0 Å². The first-order valence-electron chi connectivity index (χ1n) is 8.92. The van der Waals surface area contributed by atoms with Crippen molar-refractivity contribution in [2.24, 2.45) is 0 Å². The Kier molecular flexibility index (Phi) is 7.45. The summed E-state index contributed by atoms with van der Waals surface area (Å²) >= 11 is 6.13. The van der Waals surface area contributed by atoms with Crippen LogP contribution in [0.3, 0.4) is 0 Å². The lowest BCUT2D eigenvalue weighted by Crippen LogP contribution is -2.19. The van der Waals surface area contributed by atoms with E-state index in [1.807, 2.05) is 55.5 Å². The Balaban J connectivity index is 2.03. The normalized spacial score (nSPS) is 11.2. The Morgan fingerprint density at radius 1 is 1.22 bits per heavy atom. The van der Waals surface area contributed by atoms with Crippen LogP contribution in [0.2, 0.25) is 5.02 Å². The van der Waals surface area contributed by atoms with Gasteiger partial charge in [-0.25, -0.2) is 0 Å². The van der Waals surface area contributed by atoms with Gasteiger partial charge >= 0.3 is 0 Å². The number of hydrogen-bond acceptors (Lipinski definition) is 3. The highest BCUT2D eigenvalue weighted by Crippen LogP contribution is 2.27. The van der Waals surface area contributed by atoms with Crippen LogP contribution in [-0.4, -0.2) is 12.5 Å². The number of hydrogen-bond donors (Lipinski definition) is 2. The van der Waals surface area contributed by atoms with E-state index < -0.39 is 5.91 Å². The fraction of sp³-hybridized carbons (Fsp3) is 0.273. The minimum Gasteiger partial charge on any atom is -0.389 e. The lowest BCUT2D eigenvalue weighted by atomic mass is 9.98. The molecular formula is C22H24ClN3O. The summed E-state index contributed by atoms with van der Waals surface area (Å²) in [7, 11) is 0. The van der Waals surface area contributed by atoms with Gasteiger partial charge in [-0.3, -0.25) is 4.79 Å². The number of nitrogens with one attached hydrogen (secondary N) is 2. The van der Waals surface area contributed by atoms with Crippen molar-refractivity contribution in [2.75, 3.05) is 11.9 Å². The zero-order valence-electron chi connectivity index (χ0n) is 15.8. The van der Waals surface area contributed by atoms with Crippen molar-refractivity contribution in [3.63, 3.8) is 0 Å². The van der Waals surface area contributed by atoms with Crippen LogP contribution in [0.25, 0.3) is 0 Å². The van der Waals surface area contributed by atoms with Crippen LogP contribution >= 0.6 is 11.6 Å². The highest BCUT2D eigenvalue weighted by atomic mass is 35.5. The molecule has 140 valence electrons. The molecule has 2 aromatic carbocycles. The number of nitriles is 1. The maximum absolute atomic E-state index is 12.5. The molecular weight excluding hydrogens is 358 g/mol. The number of anilines is 1. The van der Waals surface area contributed by atoms with E-state index in [-0.39, 0.29) is 11.5 Å². The van der Waals surface area contributed by atoms with E-state index in [9.17, 15) is 10.1 Å².